The van der Waals surface area contributed by atoms with E-state index in [1.807, 2.05) is 0 Å². The Morgan fingerprint density at radius 1 is 1.38 bits per heavy atom. The first kappa shape index (κ1) is 16.1. The van der Waals surface area contributed by atoms with Gasteiger partial charge in [0, 0.05) is 10.6 Å². The highest BCUT2D eigenvalue weighted by Gasteiger charge is 2.23. The first-order chi connectivity index (χ1) is 9.65. The molecule has 1 unspecified atom stereocenters. The third-order valence-corrected chi connectivity index (χ3v) is 4.90. The van der Waals surface area contributed by atoms with E-state index in [0.29, 0.717) is 16.3 Å². The molecule has 0 aliphatic heterocycles. The number of hydrogen-bond donors (Lipinski definition) is 2. The van der Waals surface area contributed by atoms with Gasteiger partial charge < -0.3 is 11.1 Å². The molecule has 1 atom stereocenters. The van der Waals surface area contributed by atoms with Gasteiger partial charge in [-0.25, -0.2) is 0 Å². The van der Waals surface area contributed by atoms with Crippen molar-refractivity contribution in [1.82, 2.24) is 5.32 Å². The maximum absolute atomic E-state index is 12.3. The molecule has 1 aromatic heterocycles. The summed E-state index contributed by atoms with van der Waals surface area (Å²) in [6.45, 7) is 0. The van der Waals surface area contributed by atoms with Gasteiger partial charge in [-0.1, -0.05) is 11.6 Å². The summed E-state index contributed by atoms with van der Waals surface area (Å²) in [6.07, 6.45) is 3.19. The van der Waals surface area contributed by atoms with Crippen molar-refractivity contribution in [3.05, 3.63) is 50.7 Å². The molecule has 0 fully saturated rings. The third kappa shape index (κ3) is 3.34. The molecule has 1 heterocycles. The van der Waals surface area contributed by atoms with Crippen molar-refractivity contribution in [1.29, 1.82) is 0 Å². The summed E-state index contributed by atoms with van der Waals surface area (Å²) in [7, 11) is 0. The van der Waals surface area contributed by atoms with Crippen LogP contribution in [0.5, 0.6) is 0 Å². The number of thiophene rings is 1. The second-order valence-electron chi connectivity index (χ2n) is 4.96. The summed E-state index contributed by atoms with van der Waals surface area (Å²) in [5.74, 6) is -0.140. The third-order valence-electron chi connectivity index (χ3n) is 3.60. The van der Waals surface area contributed by atoms with Crippen molar-refractivity contribution in [3.8, 4) is 0 Å². The number of hydrogen-bond acceptors (Lipinski definition) is 3. The molecule has 6 heteroatoms. The maximum Gasteiger partial charge on any atom is 0.253 e. The summed E-state index contributed by atoms with van der Waals surface area (Å²) in [6, 6.07) is 7.16. The smallest absolute Gasteiger partial charge is 0.253 e. The van der Waals surface area contributed by atoms with Gasteiger partial charge in [0.2, 0.25) is 0 Å². The van der Waals surface area contributed by atoms with E-state index in [4.69, 9.17) is 17.3 Å². The monoisotopic (exact) mass is 342 g/mol. The van der Waals surface area contributed by atoms with E-state index in [1.165, 1.54) is 10.4 Å². The number of halogens is 2. The summed E-state index contributed by atoms with van der Waals surface area (Å²) in [5.41, 5.74) is 7.93. The van der Waals surface area contributed by atoms with Crippen LogP contribution in [-0.4, -0.2) is 5.91 Å². The van der Waals surface area contributed by atoms with Crippen LogP contribution >= 0.6 is 35.3 Å². The van der Waals surface area contributed by atoms with Crippen LogP contribution in [0.2, 0.25) is 5.02 Å². The van der Waals surface area contributed by atoms with Crippen molar-refractivity contribution in [3.63, 3.8) is 0 Å². The van der Waals surface area contributed by atoms with E-state index in [0.717, 1.165) is 19.3 Å². The van der Waals surface area contributed by atoms with Crippen molar-refractivity contribution in [2.45, 2.75) is 25.3 Å². The van der Waals surface area contributed by atoms with Gasteiger partial charge in [-0.15, -0.1) is 23.7 Å². The first-order valence-electron chi connectivity index (χ1n) is 6.57. The normalized spacial score (nSPS) is 16.7. The molecule has 112 valence electrons. The highest BCUT2D eigenvalue weighted by Crippen LogP contribution is 2.33. The van der Waals surface area contributed by atoms with Crippen LogP contribution in [0.25, 0.3) is 0 Å². The molecule has 1 amide bonds. The van der Waals surface area contributed by atoms with Crippen molar-refractivity contribution in [2.75, 3.05) is 5.73 Å². The van der Waals surface area contributed by atoms with Crippen LogP contribution in [0.1, 0.15) is 39.7 Å². The average Bonchev–Trinajstić information content (AvgIpc) is 2.87. The summed E-state index contributed by atoms with van der Waals surface area (Å²) in [4.78, 5) is 13.7. The lowest BCUT2D eigenvalue weighted by atomic mass is 9.94. The molecule has 0 saturated heterocycles. The predicted molar refractivity (Wildman–Crippen MR) is 90.6 cm³/mol. The van der Waals surface area contributed by atoms with Crippen LogP contribution in [-0.2, 0) is 6.42 Å². The number of aryl methyl sites for hydroxylation is 1. The van der Waals surface area contributed by atoms with Crippen molar-refractivity contribution in [2.24, 2.45) is 0 Å². The number of amides is 1. The number of nitrogens with two attached hydrogens (primary N) is 1. The fraction of sp³-hybridized carbons (Fsp3) is 0.267. The van der Waals surface area contributed by atoms with Gasteiger partial charge in [0.05, 0.1) is 16.6 Å². The molecule has 0 spiro atoms. The molecule has 3 rings (SSSR count). The van der Waals surface area contributed by atoms with E-state index in [1.54, 1.807) is 29.5 Å². The Morgan fingerprint density at radius 2 is 2.19 bits per heavy atom. The lowest BCUT2D eigenvalue weighted by Crippen LogP contribution is -2.30. The number of nitrogens with one attached hydrogen (secondary N) is 1. The largest absolute Gasteiger partial charge is 0.399 e. The molecule has 2 aromatic rings. The average molecular weight is 343 g/mol. The van der Waals surface area contributed by atoms with Crippen molar-refractivity contribution < 1.29 is 4.79 Å². The molecule has 3 nitrogen and oxygen atoms in total. The number of carbonyl (C=O) groups excluding carboxylic acids is 1. The quantitative estimate of drug-likeness (QED) is 0.803. The van der Waals surface area contributed by atoms with E-state index in [2.05, 4.69) is 16.8 Å². The zero-order valence-corrected chi connectivity index (χ0v) is 13.7. The van der Waals surface area contributed by atoms with Crippen LogP contribution in [0, 0.1) is 0 Å². The van der Waals surface area contributed by atoms with E-state index in [-0.39, 0.29) is 24.4 Å². The maximum atomic E-state index is 12.3. The minimum absolute atomic E-state index is 0. The fourth-order valence-electron chi connectivity index (χ4n) is 2.59. The fourth-order valence-corrected chi connectivity index (χ4v) is 3.85. The van der Waals surface area contributed by atoms with E-state index in [9.17, 15) is 4.79 Å². The molecule has 0 radical (unpaired) electrons. The predicted octanol–water partition coefficient (Wildman–Crippen LogP) is 4.21. The first-order valence-corrected chi connectivity index (χ1v) is 7.83. The van der Waals surface area contributed by atoms with Crippen LogP contribution < -0.4 is 11.1 Å². The number of nitrogen functional groups attached to an aromatic ring is 1. The molecule has 3 N–H and O–H groups in total. The van der Waals surface area contributed by atoms with Gasteiger partial charge in [-0.3, -0.25) is 4.79 Å². The number of benzene rings is 1. The van der Waals surface area contributed by atoms with Crippen LogP contribution in [0.3, 0.4) is 0 Å². The molecule has 0 saturated carbocycles. The number of anilines is 1. The lowest BCUT2D eigenvalue weighted by molar-refractivity contribution is 0.0933. The second kappa shape index (κ2) is 6.69. The molecule has 0 bridgehead atoms. The van der Waals surface area contributed by atoms with Gasteiger partial charge in [0.15, 0.2) is 0 Å². The Bertz CT molecular complexity index is 657. The zero-order chi connectivity index (χ0) is 14.1. The van der Waals surface area contributed by atoms with E-state index >= 15 is 0 Å². The molecular formula is C15H16Cl2N2OS. The van der Waals surface area contributed by atoms with E-state index < -0.39 is 0 Å². The molecule has 1 aliphatic carbocycles. The summed E-state index contributed by atoms with van der Waals surface area (Å²) >= 11 is 7.85. The standard InChI is InChI=1S/C15H15ClN2OS.ClH/c16-12-8-9(17)4-5-10(12)15(19)18-13-2-1-3-14-11(13)6-7-20-14;/h4-8,13H,1-3,17H2,(H,18,19);1H. The second-order valence-corrected chi connectivity index (χ2v) is 6.36. The molecule has 1 aliphatic rings. The summed E-state index contributed by atoms with van der Waals surface area (Å²) in [5, 5.41) is 5.56. The SMILES string of the molecule is Cl.Nc1ccc(C(=O)NC2CCCc3sccc32)c(Cl)c1. The van der Waals surface area contributed by atoms with Gasteiger partial charge in [0.25, 0.3) is 5.91 Å². The zero-order valence-electron chi connectivity index (χ0n) is 11.3. The van der Waals surface area contributed by atoms with Gasteiger partial charge >= 0.3 is 0 Å². The van der Waals surface area contributed by atoms with Gasteiger partial charge in [-0.05, 0) is 54.5 Å². The minimum atomic E-state index is -0.140. The molecule has 21 heavy (non-hydrogen) atoms. The topological polar surface area (TPSA) is 55.1 Å². The van der Waals surface area contributed by atoms with Crippen molar-refractivity contribution >= 4 is 46.9 Å². The highest BCUT2D eigenvalue weighted by molar-refractivity contribution is 7.10. The van der Waals surface area contributed by atoms with Crippen LogP contribution in [0.15, 0.2) is 29.6 Å². The Hall–Kier alpha value is -1.23. The Balaban J connectivity index is 0.00000161. The highest BCUT2D eigenvalue weighted by atomic mass is 35.5. The number of carbonyl (C=O) groups is 1. The molecule has 1 aromatic carbocycles. The lowest BCUT2D eigenvalue weighted by Gasteiger charge is -2.24. The molecular weight excluding hydrogens is 327 g/mol. The minimum Gasteiger partial charge on any atom is -0.399 e. The summed E-state index contributed by atoms with van der Waals surface area (Å²) < 4.78 is 0. The van der Waals surface area contributed by atoms with Gasteiger partial charge in [-0.2, -0.15) is 0 Å². The number of fused-ring (bicyclic) bond motifs is 1. The Kier molecular flexibility index (Phi) is 5.14. The number of rotatable bonds is 2. The Morgan fingerprint density at radius 3 is 2.95 bits per heavy atom. The Labute approximate surface area is 138 Å². The van der Waals surface area contributed by atoms with Crippen LogP contribution in [0.4, 0.5) is 5.69 Å². The van der Waals surface area contributed by atoms with Gasteiger partial charge in [0.1, 0.15) is 0 Å².